The zero-order valence-corrected chi connectivity index (χ0v) is 12.1. The van der Waals surface area contributed by atoms with E-state index in [0.717, 1.165) is 23.4 Å². The molecule has 0 bridgehead atoms. The number of rotatable bonds is 4. The van der Waals surface area contributed by atoms with Gasteiger partial charge in [-0.3, -0.25) is 9.89 Å². The Labute approximate surface area is 114 Å². The number of hydrogen-bond donors (Lipinski definition) is 1. The van der Waals surface area contributed by atoms with Crippen LogP contribution in [0.1, 0.15) is 44.9 Å². The lowest BCUT2D eigenvalue weighted by Crippen LogP contribution is -2.18. The summed E-state index contributed by atoms with van der Waals surface area (Å²) in [6.45, 7) is 8.48. The topological polar surface area (TPSA) is 37.8 Å². The lowest BCUT2D eigenvalue weighted by atomic mass is 9.98. The van der Waals surface area contributed by atoms with Crippen molar-refractivity contribution >= 4 is 0 Å². The molecule has 0 atom stereocenters. The largest absolute Gasteiger partial charge is 0.295 e. The van der Waals surface area contributed by atoms with Gasteiger partial charge < -0.3 is 0 Å². The molecule has 3 nitrogen and oxygen atoms in total. The van der Waals surface area contributed by atoms with Crippen LogP contribution in [0, 0.1) is 5.92 Å². The summed E-state index contributed by atoms with van der Waals surface area (Å²) in [7, 11) is 0. The quantitative estimate of drug-likeness (QED) is 0.895. The molecule has 1 N–H and O–H groups in total. The lowest BCUT2D eigenvalue weighted by Gasteiger charge is -2.07. The molecule has 2 rings (SSSR count). The fourth-order valence-electron chi connectivity index (χ4n) is 2.41. The van der Waals surface area contributed by atoms with Gasteiger partial charge in [0.05, 0.1) is 5.69 Å². The summed E-state index contributed by atoms with van der Waals surface area (Å²) in [6, 6.07) is 9.73. The zero-order valence-electron chi connectivity index (χ0n) is 12.1. The van der Waals surface area contributed by atoms with Crippen molar-refractivity contribution < 1.29 is 0 Å². The van der Waals surface area contributed by atoms with Crippen LogP contribution in [0.25, 0.3) is 5.69 Å². The first kappa shape index (κ1) is 13.7. The van der Waals surface area contributed by atoms with Crippen LogP contribution in [0.2, 0.25) is 0 Å². The molecule has 0 saturated heterocycles. The highest BCUT2D eigenvalue weighted by molar-refractivity contribution is 5.33. The fraction of sp³-hybridized carbons (Fsp3) is 0.438. The Hall–Kier alpha value is -1.77. The summed E-state index contributed by atoms with van der Waals surface area (Å²) >= 11 is 0. The second-order valence-corrected chi connectivity index (χ2v) is 5.73. The summed E-state index contributed by atoms with van der Waals surface area (Å²) in [5, 5.41) is 3.28. The van der Waals surface area contributed by atoms with Crippen molar-refractivity contribution in [2.75, 3.05) is 0 Å². The third-order valence-corrected chi connectivity index (χ3v) is 3.21. The summed E-state index contributed by atoms with van der Waals surface area (Å²) in [4.78, 5) is 12.5. The molecular weight excluding hydrogens is 236 g/mol. The maximum atomic E-state index is 12.5. The highest BCUT2D eigenvalue weighted by atomic mass is 16.1. The van der Waals surface area contributed by atoms with Gasteiger partial charge in [0, 0.05) is 11.3 Å². The molecule has 0 unspecified atom stereocenters. The smallest absolute Gasteiger partial charge is 0.274 e. The summed E-state index contributed by atoms with van der Waals surface area (Å²) < 4.78 is 1.66. The first-order valence-electron chi connectivity index (χ1n) is 6.90. The maximum absolute atomic E-state index is 12.5. The van der Waals surface area contributed by atoms with Gasteiger partial charge >= 0.3 is 0 Å². The Kier molecular flexibility index (Phi) is 3.93. The van der Waals surface area contributed by atoms with E-state index in [1.165, 1.54) is 0 Å². The Balaban J connectivity index is 2.56. The summed E-state index contributed by atoms with van der Waals surface area (Å²) in [6.07, 6.45) is 0.905. The van der Waals surface area contributed by atoms with Crippen LogP contribution in [0.4, 0.5) is 0 Å². The molecular formula is C16H22N2O. The molecule has 0 spiro atoms. The summed E-state index contributed by atoms with van der Waals surface area (Å²) in [5.41, 5.74) is 2.96. The van der Waals surface area contributed by atoms with Crippen LogP contribution in [0.3, 0.4) is 0 Å². The predicted octanol–water partition coefficient (Wildman–Crippen LogP) is 3.49. The van der Waals surface area contributed by atoms with Gasteiger partial charge in [-0.15, -0.1) is 0 Å². The van der Waals surface area contributed by atoms with Crippen LogP contribution in [-0.2, 0) is 6.42 Å². The van der Waals surface area contributed by atoms with Gasteiger partial charge in [-0.1, -0.05) is 45.9 Å². The van der Waals surface area contributed by atoms with Crippen LogP contribution >= 0.6 is 0 Å². The van der Waals surface area contributed by atoms with Crippen LogP contribution in [-0.4, -0.2) is 9.78 Å². The zero-order chi connectivity index (χ0) is 14.0. The van der Waals surface area contributed by atoms with Gasteiger partial charge in [-0.25, -0.2) is 4.68 Å². The Morgan fingerprint density at radius 2 is 1.74 bits per heavy atom. The highest BCUT2D eigenvalue weighted by Crippen LogP contribution is 2.18. The van der Waals surface area contributed by atoms with E-state index in [1.54, 1.807) is 4.68 Å². The molecule has 0 aliphatic rings. The highest BCUT2D eigenvalue weighted by Gasteiger charge is 2.18. The molecule has 0 saturated carbocycles. The first-order chi connectivity index (χ1) is 9.00. The molecule has 102 valence electrons. The number of aromatic amines is 1. The number of benzene rings is 1. The van der Waals surface area contributed by atoms with Gasteiger partial charge in [0.15, 0.2) is 0 Å². The number of H-pyrrole nitrogens is 1. The number of nitrogens with zero attached hydrogens (tertiary/aromatic N) is 1. The maximum Gasteiger partial charge on any atom is 0.274 e. The molecule has 3 heteroatoms. The van der Waals surface area contributed by atoms with Crippen molar-refractivity contribution in [2.45, 2.75) is 40.0 Å². The van der Waals surface area contributed by atoms with E-state index in [9.17, 15) is 4.79 Å². The molecule has 0 radical (unpaired) electrons. The molecule has 0 fully saturated rings. The van der Waals surface area contributed by atoms with Crippen molar-refractivity contribution in [1.29, 1.82) is 0 Å². The van der Waals surface area contributed by atoms with Gasteiger partial charge in [0.25, 0.3) is 5.56 Å². The third kappa shape index (κ3) is 2.80. The monoisotopic (exact) mass is 258 g/mol. The average Bonchev–Trinajstić information content (AvgIpc) is 2.66. The van der Waals surface area contributed by atoms with Crippen molar-refractivity contribution in [3.05, 3.63) is 51.9 Å². The van der Waals surface area contributed by atoms with Gasteiger partial charge in [-0.05, 0) is 30.4 Å². The predicted molar refractivity (Wildman–Crippen MR) is 79.0 cm³/mol. The number of hydrogen-bond acceptors (Lipinski definition) is 1. The van der Waals surface area contributed by atoms with Gasteiger partial charge in [0.1, 0.15) is 0 Å². The standard InChI is InChI=1S/C16H22N2O/c1-11(2)10-14-15(12(3)4)16(19)18(17-14)13-8-6-5-7-9-13/h5-9,11-12,17H,10H2,1-4H3. The van der Waals surface area contributed by atoms with Crippen molar-refractivity contribution in [3.8, 4) is 5.69 Å². The normalized spacial score (nSPS) is 11.5. The van der Waals surface area contributed by atoms with E-state index < -0.39 is 0 Å². The average molecular weight is 258 g/mol. The molecule has 0 aliphatic carbocycles. The van der Waals surface area contributed by atoms with Crippen LogP contribution in [0.15, 0.2) is 35.1 Å². The SMILES string of the molecule is CC(C)Cc1[nH]n(-c2ccccc2)c(=O)c1C(C)C. The van der Waals surface area contributed by atoms with E-state index in [1.807, 2.05) is 30.3 Å². The lowest BCUT2D eigenvalue weighted by molar-refractivity contribution is 0.621. The second-order valence-electron chi connectivity index (χ2n) is 5.73. The van der Waals surface area contributed by atoms with Crippen molar-refractivity contribution in [3.63, 3.8) is 0 Å². The van der Waals surface area contributed by atoms with Crippen molar-refractivity contribution in [2.24, 2.45) is 5.92 Å². The Morgan fingerprint density at radius 3 is 2.26 bits per heavy atom. The minimum Gasteiger partial charge on any atom is -0.295 e. The van der Waals surface area contributed by atoms with E-state index >= 15 is 0 Å². The number of nitrogens with one attached hydrogen (secondary N) is 1. The van der Waals surface area contributed by atoms with E-state index in [2.05, 4.69) is 32.8 Å². The van der Waals surface area contributed by atoms with E-state index in [-0.39, 0.29) is 11.5 Å². The molecule has 0 amide bonds. The fourth-order valence-corrected chi connectivity index (χ4v) is 2.41. The third-order valence-electron chi connectivity index (χ3n) is 3.21. The molecule has 19 heavy (non-hydrogen) atoms. The minimum atomic E-state index is 0.0804. The van der Waals surface area contributed by atoms with Gasteiger partial charge in [-0.2, -0.15) is 0 Å². The molecule has 1 aromatic heterocycles. The Bertz CT molecular complexity index is 591. The van der Waals surface area contributed by atoms with Crippen LogP contribution in [0.5, 0.6) is 0 Å². The Morgan fingerprint density at radius 1 is 1.11 bits per heavy atom. The molecule has 1 aromatic carbocycles. The first-order valence-corrected chi connectivity index (χ1v) is 6.90. The molecule has 0 aliphatic heterocycles. The van der Waals surface area contributed by atoms with E-state index in [0.29, 0.717) is 5.92 Å². The van der Waals surface area contributed by atoms with Crippen LogP contribution < -0.4 is 5.56 Å². The van der Waals surface area contributed by atoms with Crippen molar-refractivity contribution in [1.82, 2.24) is 9.78 Å². The molecule has 1 heterocycles. The minimum absolute atomic E-state index is 0.0804. The summed E-state index contributed by atoms with van der Waals surface area (Å²) in [5.74, 6) is 0.766. The number of para-hydroxylation sites is 1. The van der Waals surface area contributed by atoms with Gasteiger partial charge in [0.2, 0.25) is 0 Å². The molecule has 2 aromatic rings. The number of aromatic nitrogens is 2. The van der Waals surface area contributed by atoms with E-state index in [4.69, 9.17) is 0 Å². The second kappa shape index (κ2) is 5.47.